The Hall–Kier alpha value is -4.01. The number of aryl methyl sites for hydroxylation is 1. The second-order valence-corrected chi connectivity index (χ2v) is 10.9. The molecule has 1 N–H and O–H groups in total. The first kappa shape index (κ1) is 29.0. The van der Waals surface area contributed by atoms with E-state index in [9.17, 15) is 22.8 Å². The van der Waals surface area contributed by atoms with E-state index in [-0.39, 0.29) is 23.7 Å². The lowest BCUT2D eigenvalue weighted by Crippen LogP contribution is -2.46. The number of anilines is 1. The minimum atomic E-state index is -4.78. The van der Waals surface area contributed by atoms with Crippen LogP contribution >= 0.6 is 0 Å². The van der Waals surface area contributed by atoms with E-state index < -0.39 is 11.8 Å². The Morgan fingerprint density at radius 2 is 1.55 bits per heavy atom. The number of alkyl halides is 3. The van der Waals surface area contributed by atoms with Crippen molar-refractivity contribution in [3.8, 4) is 22.6 Å². The molecule has 212 valence electrons. The summed E-state index contributed by atoms with van der Waals surface area (Å²) in [5, 5.41) is 2.91. The Labute approximate surface area is 232 Å². The lowest BCUT2D eigenvalue weighted by molar-refractivity contribution is -0.274. The van der Waals surface area contributed by atoms with Crippen LogP contribution in [-0.2, 0) is 4.79 Å². The summed E-state index contributed by atoms with van der Waals surface area (Å²) in [6, 6.07) is 17.8. The quantitative estimate of drug-likeness (QED) is 0.349. The van der Waals surface area contributed by atoms with Crippen LogP contribution < -0.4 is 14.8 Å². The van der Waals surface area contributed by atoms with Gasteiger partial charge in [0.15, 0.2) is 0 Å². The van der Waals surface area contributed by atoms with Crippen molar-refractivity contribution in [2.75, 3.05) is 18.4 Å². The molecule has 0 aliphatic carbocycles. The van der Waals surface area contributed by atoms with Gasteiger partial charge < -0.3 is 19.7 Å². The van der Waals surface area contributed by atoms with Crippen molar-refractivity contribution in [3.05, 3.63) is 77.9 Å². The standard InChI is InChI=1S/C31H33F3N2O4/c1-20-7-5-10-26(27(20)21-11-13-24(14-12-21)40-31(32,33)34)28(37)35-22-8-6-9-25(19-22)39-23-15-17-36(18-16-23)29(38)30(2,3)4/h5-14,19,23H,15-18H2,1-4H3,(H,35,37). The summed E-state index contributed by atoms with van der Waals surface area (Å²) in [5.41, 5.74) is 2.51. The molecule has 40 heavy (non-hydrogen) atoms. The van der Waals surface area contributed by atoms with E-state index in [1.165, 1.54) is 24.3 Å². The molecular formula is C31H33F3N2O4. The van der Waals surface area contributed by atoms with Crippen molar-refractivity contribution in [3.63, 3.8) is 0 Å². The van der Waals surface area contributed by atoms with Crippen molar-refractivity contribution < 1.29 is 32.2 Å². The highest BCUT2D eigenvalue weighted by atomic mass is 19.4. The SMILES string of the molecule is Cc1cccc(C(=O)Nc2cccc(OC3CCN(C(=O)C(C)(C)C)CC3)c2)c1-c1ccc(OC(F)(F)F)cc1. The Bertz CT molecular complexity index is 1360. The molecule has 0 aromatic heterocycles. The highest BCUT2D eigenvalue weighted by molar-refractivity contribution is 6.09. The van der Waals surface area contributed by atoms with Gasteiger partial charge in [0.2, 0.25) is 5.91 Å². The number of ether oxygens (including phenoxy) is 2. The molecular weight excluding hydrogens is 521 g/mol. The van der Waals surface area contributed by atoms with Gasteiger partial charge in [0.25, 0.3) is 5.91 Å². The van der Waals surface area contributed by atoms with Crippen molar-refractivity contribution >= 4 is 17.5 Å². The molecule has 1 aliphatic heterocycles. The number of carbonyl (C=O) groups is 2. The Balaban J connectivity index is 1.44. The molecule has 3 aromatic carbocycles. The second kappa shape index (κ2) is 11.6. The maximum absolute atomic E-state index is 13.3. The van der Waals surface area contributed by atoms with E-state index in [4.69, 9.17) is 4.74 Å². The number of nitrogens with zero attached hydrogens (tertiary/aromatic N) is 1. The van der Waals surface area contributed by atoms with Crippen LogP contribution in [0.1, 0.15) is 49.5 Å². The van der Waals surface area contributed by atoms with Gasteiger partial charge in [-0.2, -0.15) is 0 Å². The molecule has 0 atom stereocenters. The Morgan fingerprint density at radius 1 is 0.900 bits per heavy atom. The first-order valence-corrected chi connectivity index (χ1v) is 13.1. The zero-order valence-electron chi connectivity index (χ0n) is 23.0. The molecule has 0 unspecified atom stereocenters. The van der Waals surface area contributed by atoms with E-state index in [0.717, 1.165) is 18.4 Å². The lowest BCUT2D eigenvalue weighted by Gasteiger charge is -2.35. The number of hydrogen-bond donors (Lipinski definition) is 1. The van der Waals surface area contributed by atoms with Crippen LogP contribution in [0.15, 0.2) is 66.7 Å². The largest absolute Gasteiger partial charge is 0.573 e. The number of carbonyl (C=O) groups excluding carboxylic acids is 2. The number of amides is 2. The van der Waals surface area contributed by atoms with Crippen molar-refractivity contribution in [2.45, 2.75) is 53.0 Å². The second-order valence-electron chi connectivity index (χ2n) is 10.9. The number of halogens is 3. The number of nitrogens with one attached hydrogen (secondary N) is 1. The third kappa shape index (κ3) is 7.34. The van der Waals surface area contributed by atoms with E-state index in [0.29, 0.717) is 41.2 Å². The van der Waals surface area contributed by atoms with Gasteiger partial charge in [-0.1, -0.05) is 51.1 Å². The van der Waals surface area contributed by atoms with Gasteiger partial charge >= 0.3 is 6.36 Å². The molecule has 0 saturated carbocycles. The fourth-order valence-electron chi connectivity index (χ4n) is 4.75. The van der Waals surface area contributed by atoms with Crippen LogP contribution in [0.4, 0.5) is 18.9 Å². The zero-order chi connectivity index (χ0) is 29.1. The highest BCUT2D eigenvalue weighted by Gasteiger charge is 2.32. The number of hydrogen-bond acceptors (Lipinski definition) is 4. The average Bonchev–Trinajstić information content (AvgIpc) is 2.88. The summed E-state index contributed by atoms with van der Waals surface area (Å²) in [5.74, 6) is 0.0551. The number of likely N-dealkylation sites (tertiary alicyclic amines) is 1. The number of rotatable bonds is 6. The number of piperidine rings is 1. The molecule has 1 heterocycles. The van der Waals surface area contributed by atoms with Crippen LogP contribution in [-0.4, -0.2) is 42.3 Å². The Morgan fingerprint density at radius 3 is 2.17 bits per heavy atom. The predicted octanol–water partition coefficient (Wildman–Crippen LogP) is 7.23. The molecule has 4 rings (SSSR count). The minimum Gasteiger partial charge on any atom is -0.490 e. The third-order valence-corrected chi connectivity index (χ3v) is 6.66. The van der Waals surface area contributed by atoms with Crippen LogP contribution in [0.2, 0.25) is 0 Å². The number of benzene rings is 3. The van der Waals surface area contributed by atoms with E-state index in [1.54, 1.807) is 30.3 Å². The topological polar surface area (TPSA) is 67.9 Å². The van der Waals surface area contributed by atoms with Gasteiger partial charge in [-0.3, -0.25) is 9.59 Å². The van der Waals surface area contributed by atoms with Crippen molar-refractivity contribution in [1.29, 1.82) is 0 Å². The molecule has 9 heteroatoms. The predicted molar refractivity (Wildman–Crippen MR) is 147 cm³/mol. The van der Waals surface area contributed by atoms with Gasteiger partial charge in [-0.15, -0.1) is 13.2 Å². The zero-order valence-corrected chi connectivity index (χ0v) is 23.0. The molecule has 3 aromatic rings. The molecule has 1 fully saturated rings. The normalized spacial score (nSPS) is 14.5. The summed E-state index contributed by atoms with van der Waals surface area (Å²) < 4.78 is 47.8. The molecule has 0 bridgehead atoms. The van der Waals surface area contributed by atoms with Gasteiger partial charge in [0, 0.05) is 48.7 Å². The van der Waals surface area contributed by atoms with E-state index in [2.05, 4.69) is 10.1 Å². The minimum absolute atomic E-state index is 0.0392. The average molecular weight is 555 g/mol. The smallest absolute Gasteiger partial charge is 0.490 e. The molecule has 2 amide bonds. The van der Waals surface area contributed by atoms with Crippen LogP contribution in [0.5, 0.6) is 11.5 Å². The molecule has 1 saturated heterocycles. The Kier molecular flexibility index (Phi) is 8.42. The lowest BCUT2D eigenvalue weighted by atomic mass is 9.93. The summed E-state index contributed by atoms with van der Waals surface area (Å²) in [4.78, 5) is 27.8. The van der Waals surface area contributed by atoms with Crippen molar-refractivity contribution in [1.82, 2.24) is 4.90 Å². The summed E-state index contributed by atoms with van der Waals surface area (Å²) >= 11 is 0. The fourth-order valence-corrected chi connectivity index (χ4v) is 4.75. The van der Waals surface area contributed by atoms with Crippen LogP contribution in [0, 0.1) is 12.3 Å². The fraction of sp³-hybridized carbons (Fsp3) is 0.355. The van der Waals surface area contributed by atoms with Crippen LogP contribution in [0.3, 0.4) is 0 Å². The molecule has 1 aliphatic rings. The van der Waals surface area contributed by atoms with Gasteiger partial charge in [-0.05, 0) is 53.9 Å². The molecule has 0 spiro atoms. The van der Waals surface area contributed by atoms with Gasteiger partial charge in [-0.25, -0.2) is 0 Å². The highest BCUT2D eigenvalue weighted by Crippen LogP contribution is 2.32. The maximum atomic E-state index is 13.3. The first-order chi connectivity index (χ1) is 18.8. The summed E-state index contributed by atoms with van der Waals surface area (Å²) in [6.45, 7) is 8.86. The van der Waals surface area contributed by atoms with E-state index >= 15 is 0 Å². The third-order valence-electron chi connectivity index (χ3n) is 6.66. The summed E-state index contributed by atoms with van der Waals surface area (Å²) in [6.07, 6.45) is -3.38. The maximum Gasteiger partial charge on any atom is 0.573 e. The summed E-state index contributed by atoms with van der Waals surface area (Å²) in [7, 11) is 0. The molecule has 0 radical (unpaired) electrons. The van der Waals surface area contributed by atoms with Crippen molar-refractivity contribution in [2.24, 2.45) is 5.41 Å². The monoisotopic (exact) mass is 554 g/mol. The molecule has 6 nitrogen and oxygen atoms in total. The van der Waals surface area contributed by atoms with E-state index in [1.807, 2.05) is 44.7 Å². The first-order valence-electron chi connectivity index (χ1n) is 13.1. The van der Waals surface area contributed by atoms with Crippen LogP contribution in [0.25, 0.3) is 11.1 Å². The van der Waals surface area contributed by atoms with Gasteiger partial charge in [0.05, 0.1) is 0 Å². The van der Waals surface area contributed by atoms with Gasteiger partial charge in [0.1, 0.15) is 17.6 Å².